The first-order valence-electron chi connectivity index (χ1n) is 7.64. The molecule has 1 N–H and O–H groups in total. The Morgan fingerprint density at radius 2 is 1.78 bits per heavy atom. The van der Waals surface area contributed by atoms with Gasteiger partial charge in [0.15, 0.2) is 0 Å². The topological polar surface area (TPSA) is 32.3 Å². The Bertz CT molecular complexity index is 267. The minimum Gasteiger partial charge on any atom is -0.323 e. The van der Waals surface area contributed by atoms with Crippen LogP contribution in [0.25, 0.3) is 0 Å². The highest BCUT2D eigenvalue weighted by atomic mass is 16.2. The molecule has 106 valence electrons. The molecule has 1 fully saturated rings. The summed E-state index contributed by atoms with van der Waals surface area (Å²) >= 11 is 0. The molecule has 0 aromatic heterocycles. The van der Waals surface area contributed by atoms with Gasteiger partial charge in [0.25, 0.3) is 0 Å². The smallest absolute Gasteiger partial charge is 0.241 e. The molecule has 0 radical (unpaired) electrons. The first-order chi connectivity index (χ1) is 8.56. The summed E-state index contributed by atoms with van der Waals surface area (Å²) in [5.41, 5.74) is 0. The van der Waals surface area contributed by atoms with Crippen molar-refractivity contribution in [2.24, 2.45) is 5.92 Å². The lowest BCUT2D eigenvalue weighted by Crippen LogP contribution is -2.46. The van der Waals surface area contributed by atoms with Gasteiger partial charge in [0.05, 0.1) is 12.2 Å². The number of hydrogen-bond donors (Lipinski definition) is 1. The minimum absolute atomic E-state index is 0.0538. The van der Waals surface area contributed by atoms with E-state index in [0.29, 0.717) is 17.9 Å². The van der Waals surface area contributed by atoms with Gasteiger partial charge in [-0.1, -0.05) is 47.0 Å². The van der Waals surface area contributed by atoms with Crippen LogP contribution in [0.1, 0.15) is 66.7 Å². The van der Waals surface area contributed by atoms with Crippen LogP contribution in [0.4, 0.5) is 0 Å². The van der Waals surface area contributed by atoms with Gasteiger partial charge in [-0.25, -0.2) is 0 Å². The predicted molar refractivity (Wildman–Crippen MR) is 76.3 cm³/mol. The summed E-state index contributed by atoms with van der Waals surface area (Å²) in [6, 6.07) is 0.395. The summed E-state index contributed by atoms with van der Waals surface area (Å²) in [6.07, 6.45) is 5.59. The van der Waals surface area contributed by atoms with Crippen molar-refractivity contribution < 1.29 is 4.79 Å². The third-order valence-corrected chi connectivity index (χ3v) is 4.33. The van der Waals surface area contributed by atoms with Crippen molar-refractivity contribution in [2.75, 3.05) is 0 Å². The molecule has 1 aliphatic rings. The van der Waals surface area contributed by atoms with Crippen LogP contribution in [-0.2, 0) is 4.79 Å². The monoisotopic (exact) mass is 254 g/mol. The molecular weight excluding hydrogens is 224 g/mol. The number of amides is 1. The highest BCUT2D eigenvalue weighted by molar-refractivity contribution is 5.84. The summed E-state index contributed by atoms with van der Waals surface area (Å²) in [5, 5.41) is 3.53. The van der Waals surface area contributed by atoms with Crippen LogP contribution in [0.2, 0.25) is 0 Å². The molecule has 1 amide bonds. The van der Waals surface area contributed by atoms with Gasteiger partial charge in [0, 0.05) is 6.04 Å². The van der Waals surface area contributed by atoms with Gasteiger partial charge in [0.2, 0.25) is 5.91 Å². The van der Waals surface area contributed by atoms with Gasteiger partial charge >= 0.3 is 0 Å². The van der Waals surface area contributed by atoms with Gasteiger partial charge in [-0.2, -0.15) is 0 Å². The fraction of sp³-hybridized carbons (Fsp3) is 0.933. The van der Waals surface area contributed by atoms with Crippen LogP contribution < -0.4 is 5.32 Å². The highest BCUT2D eigenvalue weighted by Gasteiger charge is 2.40. The lowest BCUT2D eigenvalue weighted by atomic mass is 9.98. The van der Waals surface area contributed by atoms with E-state index in [0.717, 1.165) is 32.1 Å². The molecule has 4 unspecified atom stereocenters. The second-order valence-corrected chi connectivity index (χ2v) is 5.68. The summed E-state index contributed by atoms with van der Waals surface area (Å²) in [5.74, 6) is 0.888. The Morgan fingerprint density at radius 1 is 1.17 bits per heavy atom. The van der Waals surface area contributed by atoms with Gasteiger partial charge < -0.3 is 4.90 Å². The van der Waals surface area contributed by atoms with Gasteiger partial charge in [0.1, 0.15) is 0 Å². The summed E-state index contributed by atoms with van der Waals surface area (Å²) in [6.45, 7) is 11.0. The molecule has 0 spiro atoms. The fourth-order valence-corrected chi connectivity index (χ4v) is 2.81. The molecule has 0 saturated carbocycles. The molecule has 1 saturated heterocycles. The molecule has 1 aliphatic heterocycles. The van der Waals surface area contributed by atoms with Crippen LogP contribution >= 0.6 is 0 Å². The van der Waals surface area contributed by atoms with Gasteiger partial charge in [-0.05, 0) is 25.7 Å². The highest BCUT2D eigenvalue weighted by Crippen LogP contribution is 2.25. The van der Waals surface area contributed by atoms with Crippen LogP contribution in [0.15, 0.2) is 0 Å². The number of nitrogens with zero attached hydrogens (tertiary/aromatic N) is 1. The van der Waals surface area contributed by atoms with Crippen LogP contribution in [-0.4, -0.2) is 29.1 Å². The minimum atomic E-state index is 0.0538. The number of rotatable bonds is 7. The van der Waals surface area contributed by atoms with Crippen molar-refractivity contribution in [2.45, 2.75) is 85.0 Å². The Labute approximate surface area is 112 Å². The Balaban J connectivity index is 2.79. The zero-order valence-corrected chi connectivity index (χ0v) is 12.7. The largest absolute Gasteiger partial charge is 0.323 e. The maximum atomic E-state index is 12.5. The molecule has 0 aliphatic carbocycles. The maximum absolute atomic E-state index is 12.5. The number of nitrogens with one attached hydrogen (secondary N) is 1. The molecule has 3 heteroatoms. The molecule has 4 atom stereocenters. The normalized spacial score (nSPS) is 27.6. The second kappa shape index (κ2) is 7.13. The van der Waals surface area contributed by atoms with E-state index in [1.54, 1.807) is 0 Å². The lowest BCUT2D eigenvalue weighted by Gasteiger charge is -2.33. The first kappa shape index (κ1) is 15.5. The summed E-state index contributed by atoms with van der Waals surface area (Å²) in [7, 11) is 0. The van der Waals surface area contributed by atoms with Crippen LogP contribution in [0.5, 0.6) is 0 Å². The van der Waals surface area contributed by atoms with E-state index < -0.39 is 0 Å². The van der Waals surface area contributed by atoms with Crippen molar-refractivity contribution in [3.63, 3.8) is 0 Å². The van der Waals surface area contributed by atoms with Crippen molar-refractivity contribution >= 4 is 5.91 Å². The SMILES string of the molecule is CCCC1NC(CCC)N(C(C)C(C)CC)C1=O. The first-order valence-corrected chi connectivity index (χ1v) is 7.64. The zero-order valence-electron chi connectivity index (χ0n) is 12.7. The molecule has 18 heavy (non-hydrogen) atoms. The molecule has 0 aromatic carbocycles. The Kier molecular flexibility index (Phi) is 6.13. The average molecular weight is 254 g/mol. The molecule has 3 nitrogen and oxygen atoms in total. The maximum Gasteiger partial charge on any atom is 0.241 e. The van der Waals surface area contributed by atoms with Crippen molar-refractivity contribution in [1.82, 2.24) is 10.2 Å². The number of carbonyl (C=O) groups excluding carboxylic acids is 1. The zero-order chi connectivity index (χ0) is 13.7. The van der Waals surface area contributed by atoms with E-state index in [1.165, 1.54) is 0 Å². The number of hydrogen-bond acceptors (Lipinski definition) is 2. The van der Waals surface area contributed by atoms with Crippen molar-refractivity contribution in [3.05, 3.63) is 0 Å². The van der Waals surface area contributed by atoms with Crippen molar-refractivity contribution in [3.8, 4) is 0 Å². The summed E-state index contributed by atoms with van der Waals surface area (Å²) in [4.78, 5) is 14.6. The van der Waals surface area contributed by atoms with Crippen LogP contribution in [0.3, 0.4) is 0 Å². The van der Waals surface area contributed by atoms with E-state index in [-0.39, 0.29) is 12.2 Å². The lowest BCUT2D eigenvalue weighted by molar-refractivity contribution is -0.133. The molecule has 1 heterocycles. The predicted octanol–water partition coefficient (Wildman–Crippen LogP) is 3.15. The van der Waals surface area contributed by atoms with E-state index in [4.69, 9.17) is 0 Å². The average Bonchev–Trinajstić information content (AvgIpc) is 2.65. The number of carbonyl (C=O) groups is 1. The summed E-state index contributed by atoms with van der Waals surface area (Å²) < 4.78 is 0. The van der Waals surface area contributed by atoms with Crippen LogP contribution in [0, 0.1) is 5.92 Å². The van der Waals surface area contributed by atoms with Gasteiger partial charge in [-0.15, -0.1) is 0 Å². The Hall–Kier alpha value is -0.570. The third kappa shape index (κ3) is 3.25. The van der Waals surface area contributed by atoms with Crippen molar-refractivity contribution in [1.29, 1.82) is 0 Å². The molecule has 1 rings (SSSR count). The van der Waals surface area contributed by atoms with E-state index in [2.05, 4.69) is 44.8 Å². The quantitative estimate of drug-likeness (QED) is 0.757. The second-order valence-electron chi connectivity index (χ2n) is 5.68. The van der Waals surface area contributed by atoms with E-state index >= 15 is 0 Å². The van der Waals surface area contributed by atoms with E-state index in [1.807, 2.05) is 0 Å². The van der Waals surface area contributed by atoms with Gasteiger partial charge in [-0.3, -0.25) is 10.1 Å². The molecular formula is C15H30N2O. The third-order valence-electron chi connectivity index (χ3n) is 4.33. The molecule has 0 aromatic rings. The van der Waals surface area contributed by atoms with E-state index in [9.17, 15) is 4.79 Å². The standard InChI is InChI=1S/C15H30N2O/c1-6-9-13-15(18)17(12(5)11(4)8-3)14(16-13)10-7-2/h11-14,16H,6-10H2,1-5H3. The Morgan fingerprint density at radius 3 is 2.28 bits per heavy atom. The molecule has 0 bridgehead atoms. The fourth-order valence-electron chi connectivity index (χ4n) is 2.81.